The standard InChI is InChI=1S/C18H20N/c1-3-14-11-15-8-4-5-9-16(15)17(12-14)18-13(2)7-6-10-19-18/h6-8,10-12H,3-5,9H2,1-2H3. The van der Waals surface area contributed by atoms with Gasteiger partial charge in [-0.25, -0.2) is 0 Å². The van der Waals surface area contributed by atoms with Crippen molar-refractivity contribution >= 4 is 0 Å². The van der Waals surface area contributed by atoms with Gasteiger partial charge in [0.25, 0.3) is 0 Å². The summed E-state index contributed by atoms with van der Waals surface area (Å²) in [7, 11) is 0. The molecular formula is C18H20N. The van der Waals surface area contributed by atoms with E-state index in [4.69, 9.17) is 0 Å². The largest absolute Gasteiger partial charge is 0.256 e. The Morgan fingerprint density at radius 1 is 1.26 bits per heavy atom. The molecule has 1 aromatic heterocycles. The van der Waals surface area contributed by atoms with Crippen LogP contribution in [0.1, 0.15) is 42.0 Å². The monoisotopic (exact) mass is 250 g/mol. The topological polar surface area (TPSA) is 12.9 Å². The Labute approximate surface area is 115 Å². The lowest BCUT2D eigenvalue weighted by Crippen LogP contribution is -2.05. The van der Waals surface area contributed by atoms with Crippen molar-refractivity contribution in [2.24, 2.45) is 0 Å². The lowest BCUT2D eigenvalue weighted by Gasteiger charge is -2.21. The normalized spacial score (nSPS) is 14.2. The summed E-state index contributed by atoms with van der Waals surface area (Å²) in [6.07, 6.45) is 9.03. The van der Waals surface area contributed by atoms with Crippen molar-refractivity contribution in [3.8, 4) is 11.3 Å². The van der Waals surface area contributed by atoms with Gasteiger partial charge >= 0.3 is 0 Å². The molecule has 0 spiro atoms. The third kappa shape index (κ3) is 2.30. The number of nitrogens with zero attached hydrogens (tertiary/aromatic N) is 1. The van der Waals surface area contributed by atoms with Crippen LogP contribution >= 0.6 is 0 Å². The minimum absolute atomic E-state index is 1.08. The molecule has 1 nitrogen and oxygen atoms in total. The van der Waals surface area contributed by atoms with Crippen LogP contribution in [-0.4, -0.2) is 4.98 Å². The van der Waals surface area contributed by atoms with Gasteiger partial charge in [0.2, 0.25) is 0 Å². The van der Waals surface area contributed by atoms with E-state index in [0.717, 1.165) is 12.1 Å². The second-order valence-corrected chi connectivity index (χ2v) is 5.33. The summed E-state index contributed by atoms with van der Waals surface area (Å²) in [4.78, 5) is 4.62. The zero-order chi connectivity index (χ0) is 13.2. The van der Waals surface area contributed by atoms with Crippen LogP contribution in [0, 0.1) is 13.3 Å². The van der Waals surface area contributed by atoms with Crippen LogP contribution < -0.4 is 0 Å². The highest BCUT2D eigenvalue weighted by Gasteiger charge is 2.17. The number of benzene rings is 1. The molecule has 1 radical (unpaired) electrons. The molecule has 1 aromatic carbocycles. The molecule has 0 saturated heterocycles. The molecule has 3 rings (SSSR count). The summed E-state index contributed by atoms with van der Waals surface area (Å²) >= 11 is 0. The summed E-state index contributed by atoms with van der Waals surface area (Å²) < 4.78 is 0. The molecular weight excluding hydrogens is 230 g/mol. The lowest BCUT2D eigenvalue weighted by atomic mass is 9.84. The van der Waals surface area contributed by atoms with Gasteiger partial charge in [-0.15, -0.1) is 0 Å². The quantitative estimate of drug-likeness (QED) is 0.764. The smallest absolute Gasteiger partial charge is 0.0734 e. The van der Waals surface area contributed by atoms with Gasteiger partial charge in [0.05, 0.1) is 5.69 Å². The third-order valence-corrected chi connectivity index (χ3v) is 4.01. The highest BCUT2D eigenvalue weighted by molar-refractivity contribution is 5.70. The van der Waals surface area contributed by atoms with Crippen LogP contribution in [0.25, 0.3) is 11.3 Å². The van der Waals surface area contributed by atoms with Crippen molar-refractivity contribution in [2.45, 2.75) is 39.5 Å². The first kappa shape index (κ1) is 12.4. The predicted molar refractivity (Wildman–Crippen MR) is 80.1 cm³/mol. The second-order valence-electron chi connectivity index (χ2n) is 5.33. The molecule has 0 amide bonds. The Hall–Kier alpha value is -1.63. The fraction of sp³-hybridized carbons (Fsp3) is 0.333. The average Bonchev–Trinajstić information content (AvgIpc) is 2.46. The van der Waals surface area contributed by atoms with Crippen LogP contribution in [0.2, 0.25) is 0 Å². The van der Waals surface area contributed by atoms with Crippen molar-refractivity contribution < 1.29 is 0 Å². The highest BCUT2D eigenvalue weighted by Crippen LogP contribution is 2.34. The first-order chi connectivity index (χ1) is 9.29. The Kier molecular flexibility index (Phi) is 3.37. The van der Waals surface area contributed by atoms with Gasteiger partial charge in [0.15, 0.2) is 0 Å². The number of aromatic nitrogens is 1. The minimum atomic E-state index is 1.08. The summed E-state index contributed by atoms with van der Waals surface area (Å²) in [5.41, 5.74) is 8.11. The molecule has 0 unspecified atom stereocenters. The van der Waals surface area contributed by atoms with E-state index < -0.39 is 0 Å². The van der Waals surface area contributed by atoms with Crippen LogP contribution in [0.15, 0.2) is 30.5 Å². The number of fused-ring (bicyclic) bond motifs is 1. The van der Waals surface area contributed by atoms with E-state index in [0.29, 0.717) is 0 Å². The lowest BCUT2D eigenvalue weighted by molar-refractivity contribution is 0.774. The molecule has 2 aromatic rings. The summed E-state index contributed by atoms with van der Waals surface area (Å²) in [5, 5.41) is 0. The molecule has 97 valence electrons. The minimum Gasteiger partial charge on any atom is -0.256 e. The maximum absolute atomic E-state index is 4.62. The molecule has 0 N–H and O–H groups in total. The fourth-order valence-corrected chi connectivity index (χ4v) is 2.94. The Bertz CT molecular complexity index is 599. The maximum atomic E-state index is 4.62. The van der Waals surface area contributed by atoms with E-state index in [1.54, 1.807) is 0 Å². The third-order valence-electron chi connectivity index (χ3n) is 4.01. The van der Waals surface area contributed by atoms with Crippen molar-refractivity contribution in [1.82, 2.24) is 4.98 Å². The number of hydrogen-bond acceptors (Lipinski definition) is 1. The van der Waals surface area contributed by atoms with Crippen LogP contribution in [-0.2, 0) is 12.8 Å². The fourth-order valence-electron chi connectivity index (χ4n) is 2.94. The first-order valence-corrected chi connectivity index (χ1v) is 7.20. The summed E-state index contributed by atoms with van der Waals surface area (Å²) in [6.45, 7) is 4.37. The van der Waals surface area contributed by atoms with Crippen molar-refractivity contribution in [3.63, 3.8) is 0 Å². The molecule has 19 heavy (non-hydrogen) atoms. The van der Waals surface area contributed by atoms with E-state index in [1.807, 2.05) is 12.3 Å². The Morgan fingerprint density at radius 3 is 2.95 bits per heavy atom. The van der Waals surface area contributed by atoms with Gasteiger partial charge < -0.3 is 0 Å². The molecule has 1 heterocycles. The molecule has 0 fully saturated rings. The van der Waals surface area contributed by atoms with Crippen LogP contribution in [0.5, 0.6) is 0 Å². The SMILES string of the molecule is CCc1cc2c(c(-c3ncccc3C)c1)CCC[CH]2. The van der Waals surface area contributed by atoms with E-state index in [-0.39, 0.29) is 0 Å². The molecule has 0 aliphatic heterocycles. The number of pyridine rings is 1. The zero-order valence-electron chi connectivity index (χ0n) is 11.7. The molecule has 1 aliphatic rings. The molecule has 0 saturated carbocycles. The van der Waals surface area contributed by atoms with E-state index in [1.165, 1.54) is 47.1 Å². The van der Waals surface area contributed by atoms with Gasteiger partial charge in [-0.2, -0.15) is 0 Å². The van der Waals surface area contributed by atoms with Gasteiger partial charge in [-0.1, -0.05) is 19.1 Å². The van der Waals surface area contributed by atoms with Gasteiger partial charge in [0, 0.05) is 11.8 Å². The van der Waals surface area contributed by atoms with E-state index in [2.05, 4.69) is 43.5 Å². The molecule has 0 bridgehead atoms. The van der Waals surface area contributed by atoms with Crippen LogP contribution in [0.4, 0.5) is 0 Å². The van der Waals surface area contributed by atoms with Crippen LogP contribution in [0.3, 0.4) is 0 Å². The summed E-state index contributed by atoms with van der Waals surface area (Å²) in [6, 6.07) is 8.87. The summed E-state index contributed by atoms with van der Waals surface area (Å²) in [5.74, 6) is 0. The van der Waals surface area contributed by atoms with Crippen molar-refractivity contribution in [3.05, 3.63) is 59.1 Å². The second kappa shape index (κ2) is 5.16. The van der Waals surface area contributed by atoms with E-state index in [9.17, 15) is 0 Å². The van der Waals surface area contributed by atoms with E-state index >= 15 is 0 Å². The van der Waals surface area contributed by atoms with Gasteiger partial charge in [-0.3, -0.25) is 4.98 Å². The van der Waals surface area contributed by atoms with Crippen molar-refractivity contribution in [1.29, 1.82) is 0 Å². The number of hydrogen-bond donors (Lipinski definition) is 0. The molecule has 1 aliphatic carbocycles. The van der Waals surface area contributed by atoms with Crippen molar-refractivity contribution in [2.75, 3.05) is 0 Å². The zero-order valence-corrected chi connectivity index (χ0v) is 11.7. The predicted octanol–water partition coefficient (Wildman–Crippen LogP) is 4.51. The van der Waals surface area contributed by atoms with Gasteiger partial charge in [0.1, 0.15) is 0 Å². The first-order valence-electron chi connectivity index (χ1n) is 7.20. The maximum Gasteiger partial charge on any atom is 0.0734 e. The van der Waals surface area contributed by atoms with Gasteiger partial charge in [-0.05, 0) is 73.4 Å². The molecule has 0 atom stereocenters. The highest BCUT2D eigenvalue weighted by atomic mass is 14.7. The number of rotatable bonds is 2. The average molecular weight is 250 g/mol. The number of aryl methyl sites for hydroxylation is 2. The Balaban J connectivity index is 2.22. The Morgan fingerprint density at radius 2 is 2.16 bits per heavy atom. The molecule has 1 heteroatoms.